The van der Waals surface area contributed by atoms with Crippen molar-refractivity contribution in [3.8, 4) is 5.75 Å². The molecule has 0 fully saturated rings. The van der Waals surface area contributed by atoms with Crippen LogP contribution < -0.4 is 10.1 Å². The summed E-state index contributed by atoms with van der Waals surface area (Å²) in [7, 11) is 0. The number of hydrogen-bond donors (Lipinski definition) is 1. The standard InChI is InChI=1S/C16H21NO/c1-2-3-11-17-12-13-18-16-10-6-8-14-7-4-5-9-15(14)16/h4-10,17H,2-3,11-13H2,1H3. The maximum atomic E-state index is 5.84. The third-order valence-electron chi connectivity index (χ3n) is 2.99. The van der Waals surface area contributed by atoms with Gasteiger partial charge in [-0.15, -0.1) is 0 Å². The molecule has 0 atom stereocenters. The summed E-state index contributed by atoms with van der Waals surface area (Å²) < 4.78 is 5.84. The molecule has 0 aliphatic carbocycles. The molecule has 0 bridgehead atoms. The molecular weight excluding hydrogens is 222 g/mol. The maximum absolute atomic E-state index is 5.84. The number of benzene rings is 2. The van der Waals surface area contributed by atoms with Gasteiger partial charge in [-0.2, -0.15) is 0 Å². The van der Waals surface area contributed by atoms with E-state index in [0.717, 1.165) is 25.4 Å². The second-order valence-electron chi connectivity index (χ2n) is 4.43. The number of nitrogens with one attached hydrogen (secondary N) is 1. The normalized spacial score (nSPS) is 10.7. The zero-order valence-electron chi connectivity index (χ0n) is 11.0. The third-order valence-corrected chi connectivity index (χ3v) is 2.99. The molecule has 2 rings (SSSR count). The number of hydrogen-bond acceptors (Lipinski definition) is 2. The van der Waals surface area contributed by atoms with Gasteiger partial charge in [-0.25, -0.2) is 0 Å². The third kappa shape index (κ3) is 3.47. The molecule has 0 aliphatic rings. The number of unbranched alkanes of at least 4 members (excludes halogenated alkanes) is 1. The molecule has 2 heteroatoms. The predicted octanol–water partition coefficient (Wildman–Crippen LogP) is 3.61. The summed E-state index contributed by atoms with van der Waals surface area (Å²) in [5.74, 6) is 0.977. The highest BCUT2D eigenvalue weighted by molar-refractivity contribution is 5.88. The van der Waals surface area contributed by atoms with Gasteiger partial charge in [0.1, 0.15) is 12.4 Å². The smallest absolute Gasteiger partial charge is 0.127 e. The average molecular weight is 243 g/mol. The molecule has 0 saturated heterocycles. The van der Waals surface area contributed by atoms with E-state index in [1.54, 1.807) is 0 Å². The van der Waals surface area contributed by atoms with Crippen LogP contribution in [0.3, 0.4) is 0 Å². The van der Waals surface area contributed by atoms with Crippen molar-refractivity contribution in [3.05, 3.63) is 42.5 Å². The summed E-state index contributed by atoms with van der Waals surface area (Å²) in [6.07, 6.45) is 2.46. The van der Waals surface area contributed by atoms with Gasteiger partial charge < -0.3 is 10.1 Å². The Balaban J connectivity index is 1.88. The minimum Gasteiger partial charge on any atom is -0.492 e. The molecule has 18 heavy (non-hydrogen) atoms. The van der Waals surface area contributed by atoms with E-state index in [4.69, 9.17) is 4.74 Å². The van der Waals surface area contributed by atoms with Crippen LogP contribution in [0, 0.1) is 0 Å². The Kier molecular flexibility index (Phi) is 5.03. The fourth-order valence-corrected chi connectivity index (χ4v) is 1.98. The second kappa shape index (κ2) is 7.02. The average Bonchev–Trinajstić information content (AvgIpc) is 2.43. The Bertz CT molecular complexity index is 476. The first-order valence-corrected chi connectivity index (χ1v) is 6.73. The van der Waals surface area contributed by atoms with Crippen LogP contribution in [0.15, 0.2) is 42.5 Å². The Labute approximate surface area is 109 Å². The molecule has 0 radical (unpaired) electrons. The molecule has 2 nitrogen and oxygen atoms in total. The lowest BCUT2D eigenvalue weighted by Crippen LogP contribution is -2.21. The highest BCUT2D eigenvalue weighted by Crippen LogP contribution is 2.24. The fourth-order valence-electron chi connectivity index (χ4n) is 1.98. The van der Waals surface area contributed by atoms with Gasteiger partial charge in [0.15, 0.2) is 0 Å². The number of fused-ring (bicyclic) bond motifs is 1. The maximum Gasteiger partial charge on any atom is 0.127 e. The summed E-state index contributed by atoms with van der Waals surface area (Å²) >= 11 is 0. The predicted molar refractivity (Wildman–Crippen MR) is 77.2 cm³/mol. The molecule has 0 unspecified atom stereocenters. The highest BCUT2D eigenvalue weighted by atomic mass is 16.5. The van der Waals surface area contributed by atoms with Crippen molar-refractivity contribution in [1.29, 1.82) is 0 Å². The van der Waals surface area contributed by atoms with Gasteiger partial charge in [-0.1, -0.05) is 49.7 Å². The number of ether oxygens (including phenoxy) is 1. The van der Waals surface area contributed by atoms with E-state index in [1.165, 1.54) is 23.6 Å². The van der Waals surface area contributed by atoms with Gasteiger partial charge in [0.2, 0.25) is 0 Å². The molecular formula is C16H21NO. The topological polar surface area (TPSA) is 21.3 Å². The van der Waals surface area contributed by atoms with Crippen molar-refractivity contribution in [2.45, 2.75) is 19.8 Å². The van der Waals surface area contributed by atoms with E-state index in [9.17, 15) is 0 Å². The van der Waals surface area contributed by atoms with Crippen LogP contribution in [-0.4, -0.2) is 19.7 Å². The Morgan fingerprint density at radius 3 is 2.72 bits per heavy atom. The molecule has 2 aromatic rings. The monoisotopic (exact) mass is 243 g/mol. The minimum absolute atomic E-state index is 0.720. The summed E-state index contributed by atoms with van der Waals surface area (Å²) in [6.45, 7) is 4.91. The van der Waals surface area contributed by atoms with Gasteiger partial charge in [-0.05, 0) is 24.4 Å². The molecule has 0 spiro atoms. The van der Waals surface area contributed by atoms with Crippen molar-refractivity contribution in [2.24, 2.45) is 0 Å². The molecule has 0 aliphatic heterocycles. The summed E-state index contributed by atoms with van der Waals surface area (Å²) in [4.78, 5) is 0. The first-order valence-electron chi connectivity index (χ1n) is 6.73. The molecule has 0 amide bonds. The van der Waals surface area contributed by atoms with E-state index in [0.29, 0.717) is 0 Å². The van der Waals surface area contributed by atoms with Gasteiger partial charge in [0, 0.05) is 11.9 Å². The lowest BCUT2D eigenvalue weighted by atomic mass is 10.1. The van der Waals surface area contributed by atoms with Crippen molar-refractivity contribution in [2.75, 3.05) is 19.7 Å². The van der Waals surface area contributed by atoms with Gasteiger partial charge >= 0.3 is 0 Å². The van der Waals surface area contributed by atoms with Crippen LogP contribution >= 0.6 is 0 Å². The van der Waals surface area contributed by atoms with Crippen LogP contribution in [0.2, 0.25) is 0 Å². The molecule has 2 aromatic carbocycles. The summed E-state index contributed by atoms with van der Waals surface area (Å²) in [5.41, 5.74) is 0. The Morgan fingerprint density at radius 1 is 1.00 bits per heavy atom. The van der Waals surface area contributed by atoms with Crippen molar-refractivity contribution in [3.63, 3.8) is 0 Å². The van der Waals surface area contributed by atoms with Crippen molar-refractivity contribution >= 4 is 10.8 Å². The van der Waals surface area contributed by atoms with E-state index in [1.807, 2.05) is 12.1 Å². The second-order valence-corrected chi connectivity index (χ2v) is 4.43. The summed E-state index contributed by atoms with van der Waals surface area (Å²) in [6, 6.07) is 14.5. The Morgan fingerprint density at radius 2 is 1.83 bits per heavy atom. The summed E-state index contributed by atoms with van der Waals surface area (Å²) in [5, 5.41) is 5.80. The minimum atomic E-state index is 0.720. The lowest BCUT2D eigenvalue weighted by molar-refractivity contribution is 0.317. The van der Waals surface area contributed by atoms with Crippen LogP contribution in [0.1, 0.15) is 19.8 Å². The van der Waals surface area contributed by atoms with E-state index in [2.05, 4.69) is 42.6 Å². The molecule has 96 valence electrons. The largest absolute Gasteiger partial charge is 0.492 e. The van der Waals surface area contributed by atoms with Gasteiger partial charge in [0.05, 0.1) is 0 Å². The lowest BCUT2D eigenvalue weighted by Gasteiger charge is -2.09. The van der Waals surface area contributed by atoms with Gasteiger partial charge in [-0.3, -0.25) is 0 Å². The van der Waals surface area contributed by atoms with Crippen molar-refractivity contribution in [1.82, 2.24) is 5.32 Å². The SMILES string of the molecule is CCCCNCCOc1cccc2ccccc12. The fraction of sp³-hybridized carbons (Fsp3) is 0.375. The first-order chi connectivity index (χ1) is 8.92. The molecule has 0 heterocycles. The van der Waals surface area contributed by atoms with Crippen molar-refractivity contribution < 1.29 is 4.74 Å². The molecule has 0 saturated carbocycles. The van der Waals surface area contributed by atoms with E-state index in [-0.39, 0.29) is 0 Å². The van der Waals surface area contributed by atoms with Crippen LogP contribution in [0.4, 0.5) is 0 Å². The highest BCUT2D eigenvalue weighted by Gasteiger charge is 2.00. The van der Waals surface area contributed by atoms with E-state index >= 15 is 0 Å². The van der Waals surface area contributed by atoms with Crippen LogP contribution in [-0.2, 0) is 0 Å². The molecule has 0 aromatic heterocycles. The quantitative estimate of drug-likeness (QED) is 0.750. The van der Waals surface area contributed by atoms with Crippen LogP contribution in [0.25, 0.3) is 10.8 Å². The van der Waals surface area contributed by atoms with Gasteiger partial charge in [0.25, 0.3) is 0 Å². The zero-order chi connectivity index (χ0) is 12.6. The zero-order valence-corrected chi connectivity index (χ0v) is 11.0. The first kappa shape index (κ1) is 12.9. The van der Waals surface area contributed by atoms with E-state index < -0.39 is 0 Å². The number of rotatable bonds is 7. The Hall–Kier alpha value is -1.54. The van der Waals surface area contributed by atoms with Crippen LogP contribution in [0.5, 0.6) is 5.75 Å². The molecule has 1 N–H and O–H groups in total.